The van der Waals surface area contributed by atoms with E-state index in [2.05, 4.69) is 0 Å². The average molecular weight is 1400 g/mol. The van der Waals surface area contributed by atoms with Gasteiger partial charge in [-0.05, 0) is 246 Å². The number of rotatable bonds is 40. The second kappa shape index (κ2) is 47.3. The molecule has 0 aliphatic carbocycles. The lowest BCUT2D eigenvalue weighted by Gasteiger charge is -2.13. The summed E-state index contributed by atoms with van der Waals surface area (Å²) < 4.78 is 248. The highest BCUT2D eigenvalue weighted by Gasteiger charge is 2.13. The first-order valence-corrected chi connectivity index (χ1v) is 32.4. The summed E-state index contributed by atoms with van der Waals surface area (Å²) in [6.07, 6.45) is -13.6. The Bertz CT molecular complexity index is 4610. The van der Waals surface area contributed by atoms with Crippen molar-refractivity contribution in [3.05, 3.63) is 214 Å². The van der Waals surface area contributed by atoms with Gasteiger partial charge >= 0.3 is 0 Å². The highest BCUT2D eigenvalue weighted by molar-refractivity contribution is 5.46. The zero-order valence-electron chi connectivity index (χ0n) is 82.2. The number of ether oxygens (including phenoxy) is 12. The molecule has 0 saturated heterocycles. The van der Waals surface area contributed by atoms with E-state index in [9.17, 15) is 20.4 Å². The molecule has 100 heavy (non-hydrogen) atoms. The van der Waals surface area contributed by atoms with Gasteiger partial charge in [-0.2, -0.15) is 0 Å². The smallest absolute Gasteiger partial charge is 0.160 e. The second-order valence-electron chi connectivity index (χ2n) is 22.7. The third-order valence-electron chi connectivity index (χ3n) is 14.6. The second-order valence-corrected chi connectivity index (χ2v) is 22.7. The molecule has 8 rings (SSSR count). The topological polar surface area (TPSA) is 192 Å². The van der Waals surface area contributed by atoms with Gasteiger partial charge in [-0.1, -0.05) is 98.5 Å². The van der Waals surface area contributed by atoms with Gasteiger partial charge < -0.3 is 77.3 Å². The summed E-state index contributed by atoms with van der Waals surface area (Å²) in [6, 6.07) is 46.0. The molecule has 0 fully saturated rings. The normalized spacial score (nSPS) is 17.7. The molecule has 0 heterocycles. The molecule has 0 spiro atoms. The molecule has 544 valence electrons. The van der Waals surface area contributed by atoms with Crippen LogP contribution in [0.4, 0.5) is 0 Å². The highest BCUT2D eigenvalue weighted by Crippen LogP contribution is 2.32. The van der Waals surface area contributed by atoms with Crippen molar-refractivity contribution in [2.24, 2.45) is 0 Å². The van der Waals surface area contributed by atoms with Crippen LogP contribution in [-0.4, -0.2) is 128 Å². The lowest BCUT2D eigenvalue weighted by molar-refractivity contribution is 0.0976. The molecular weight excluding hydrogens is 1260 g/mol. The van der Waals surface area contributed by atoms with E-state index in [1.54, 1.807) is 60.7 Å². The predicted molar refractivity (Wildman–Crippen MR) is 399 cm³/mol. The van der Waals surface area contributed by atoms with Gasteiger partial charge in [-0.3, -0.25) is 0 Å². The van der Waals surface area contributed by atoms with E-state index in [-0.39, 0.29) is 142 Å². The highest BCUT2D eigenvalue weighted by atomic mass is 16.5. The summed E-state index contributed by atoms with van der Waals surface area (Å²) in [6.45, 7) is 6.72. The van der Waals surface area contributed by atoms with Crippen LogP contribution in [0, 0.1) is 27.7 Å². The van der Waals surface area contributed by atoms with Gasteiger partial charge in [-0.15, -0.1) is 0 Å². The van der Waals surface area contributed by atoms with Crippen molar-refractivity contribution in [2.75, 3.05) is 83.0 Å². The Labute approximate surface area is 629 Å². The quantitative estimate of drug-likeness (QED) is 0.0283. The number of methoxy groups -OCH3 is 8. The maximum atomic E-state index is 10.3. The molecule has 0 amide bonds. The van der Waals surface area contributed by atoms with Crippen LogP contribution < -0.4 is 56.8 Å². The third kappa shape index (κ3) is 32.0. The van der Waals surface area contributed by atoms with Crippen molar-refractivity contribution in [3.63, 3.8) is 0 Å². The first-order chi connectivity index (χ1) is 57.2. The van der Waals surface area contributed by atoms with Gasteiger partial charge in [0.05, 0.1) is 103 Å². The molecule has 4 atom stereocenters. The van der Waals surface area contributed by atoms with Crippen LogP contribution in [0.2, 0.25) is 0 Å². The van der Waals surface area contributed by atoms with Crippen LogP contribution in [-0.2, 0) is 25.5 Å². The summed E-state index contributed by atoms with van der Waals surface area (Å²) >= 11 is 0. The minimum Gasteiger partial charge on any atom is -0.493 e. The largest absolute Gasteiger partial charge is 0.493 e. The van der Waals surface area contributed by atoms with Crippen LogP contribution >= 0.6 is 0 Å². The van der Waals surface area contributed by atoms with E-state index >= 15 is 0 Å². The van der Waals surface area contributed by atoms with Crippen molar-refractivity contribution < 1.29 is 110 Å². The summed E-state index contributed by atoms with van der Waals surface area (Å²) in [7, 11) is -5.36. The first-order valence-electron chi connectivity index (χ1n) is 44.4. The molecular formula is C84H112O16. The van der Waals surface area contributed by atoms with Gasteiger partial charge in [0.1, 0.15) is 49.4 Å². The van der Waals surface area contributed by atoms with Gasteiger partial charge in [0, 0.05) is 11.0 Å². The van der Waals surface area contributed by atoms with Crippen LogP contribution in [0.1, 0.15) is 154 Å². The summed E-state index contributed by atoms with van der Waals surface area (Å²) in [5, 5.41) is 41.1. The minimum absolute atomic E-state index is 0.00381. The third-order valence-corrected chi connectivity index (χ3v) is 14.6. The van der Waals surface area contributed by atoms with E-state index < -0.39 is 83.7 Å². The lowest BCUT2D eigenvalue weighted by Crippen LogP contribution is -2.17. The molecule has 4 N–H and O–H groups in total. The molecule has 4 unspecified atom stereocenters. The van der Waals surface area contributed by atoms with Gasteiger partial charge in [0.2, 0.25) is 0 Å². The summed E-state index contributed by atoms with van der Waals surface area (Å²) in [5.41, 5.74) is 5.02. The van der Waals surface area contributed by atoms with Gasteiger partial charge in [0.25, 0.3) is 0 Å². The monoisotopic (exact) mass is 1400 g/mol. The molecule has 0 aromatic heterocycles. The molecule has 16 heteroatoms. The number of aliphatic hydroxyl groups is 4. The summed E-state index contributed by atoms with van der Waals surface area (Å²) in [4.78, 5) is 0. The molecule has 16 nitrogen and oxygen atoms in total. The Morgan fingerprint density at radius 3 is 0.730 bits per heavy atom. The number of aryl methyl sites for hydroxylation is 8. The average Bonchev–Trinajstić information content (AvgIpc) is 0.811. The van der Waals surface area contributed by atoms with Crippen molar-refractivity contribution in [3.8, 4) is 69.0 Å². The fraction of sp³-hybridized carbons (Fsp3) is 0.429. The van der Waals surface area contributed by atoms with Gasteiger partial charge in [-0.25, -0.2) is 0 Å². The van der Waals surface area contributed by atoms with E-state index in [1.165, 1.54) is 70.9 Å². The standard InChI is InChI=1S/4C21H28O4/c4*1-16-7-6-10-19(13-16)25-15-18(22)9-5-4-8-17-11-12-20(23-2)21(14-17)24-3/h4*6-7,10-14,18,22H,4-5,8-9,15H2,1-3H3/i2D3,3D3,8D2,18D;3D3,8D2,18D;2D3,8D2,18D;8D2,18D. The molecule has 0 aliphatic heterocycles. The zero-order chi connectivity index (χ0) is 93.1. The van der Waals surface area contributed by atoms with E-state index in [0.29, 0.717) is 46.5 Å². The van der Waals surface area contributed by atoms with E-state index in [4.69, 9.17) is 89.7 Å². The Morgan fingerprint density at radius 2 is 0.510 bits per heavy atom. The predicted octanol–water partition coefficient (Wildman–Crippen LogP) is 16.7. The fourth-order valence-corrected chi connectivity index (χ4v) is 9.33. The molecule has 8 aromatic rings. The Morgan fingerprint density at radius 1 is 0.290 bits per heavy atom. The van der Waals surface area contributed by atoms with Crippen LogP contribution in [0.5, 0.6) is 69.0 Å². The number of hydrogen-bond acceptors (Lipinski definition) is 16. The Balaban J connectivity index is 0.000000294. The SMILES string of the molecule is [2H]C(O)(CCCC([2H])([2H])c1ccc(OC([2H])([2H])[2H])c(OC([2H])([2H])[2H])c1)COc1cccc(C)c1.[2H]C(O)(CCCC([2H])([2H])c1ccc(OC([2H])([2H])[2H])c(OC)c1)COc1cccc(C)c1.[2H]C(O)(CCCC([2H])([2H])c1ccc(OC)c(OC([2H])([2H])[2H])c1)COc1cccc(C)c1.[2H]C(O)(CCCC([2H])([2H])c1ccc(OC)c(OC)c1)COc1cccc(C)c1. The zero-order valence-corrected chi connectivity index (χ0v) is 58.2. The maximum Gasteiger partial charge on any atom is 0.160 e. The van der Waals surface area contributed by atoms with Crippen molar-refractivity contribution >= 4 is 0 Å². The fourth-order valence-electron chi connectivity index (χ4n) is 9.33. The number of hydrogen-bond donors (Lipinski definition) is 4. The maximum absolute atomic E-state index is 10.3. The Hall–Kier alpha value is -8.80. The first kappa shape index (κ1) is 52.2. The van der Waals surface area contributed by atoms with Crippen LogP contribution in [0.15, 0.2) is 170 Å². The van der Waals surface area contributed by atoms with Crippen molar-refractivity contribution in [2.45, 2.75) is 155 Å². The minimum atomic E-state index is -2.91. The number of benzene rings is 8. The molecule has 0 saturated carbocycles. The van der Waals surface area contributed by atoms with Gasteiger partial charge in [0.15, 0.2) is 46.0 Å². The molecule has 0 radical (unpaired) electrons. The van der Waals surface area contributed by atoms with E-state index in [1.807, 2.05) is 82.3 Å². The van der Waals surface area contributed by atoms with Crippen LogP contribution in [0.25, 0.3) is 0 Å². The Kier molecular flexibility index (Phi) is 24.7. The molecule has 8 aromatic carbocycles. The van der Waals surface area contributed by atoms with E-state index in [0.717, 1.165) is 34.4 Å². The molecule has 0 aliphatic rings. The lowest BCUT2D eigenvalue weighted by atomic mass is 10.0. The van der Waals surface area contributed by atoms with Crippen molar-refractivity contribution in [1.29, 1.82) is 0 Å². The molecule has 0 bridgehead atoms. The van der Waals surface area contributed by atoms with Crippen molar-refractivity contribution in [1.82, 2.24) is 0 Å². The summed E-state index contributed by atoms with van der Waals surface area (Å²) in [5.74, 6) is 2.67. The van der Waals surface area contributed by atoms with Crippen LogP contribution in [0.3, 0.4) is 0 Å².